The minimum Gasteiger partial charge on any atom is -0.376 e. The Hall–Kier alpha value is -0.310. The molecule has 2 N–H and O–H groups in total. The van der Waals surface area contributed by atoms with E-state index in [1.54, 1.807) is 0 Å². The fourth-order valence-corrected chi connectivity index (χ4v) is 1.70. The summed E-state index contributed by atoms with van der Waals surface area (Å²) in [6, 6.07) is 0. The summed E-state index contributed by atoms with van der Waals surface area (Å²) in [5.41, 5.74) is 5.52. The zero-order chi connectivity index (χ0) is 8.43. The molecule has 1 heterocycles. The van der Waals surface area contributed by atoms with Crippen molar-refractivity contribution in [1.82, 2.24) is 4.90 Å². The van der Waals surface area contributed by atoms with Gasteiger partial charge in [-0.05, 0) is 30.5 Å². The summed E-state index contributed by atoms with van der Waals surface area (Å²) in [5.74, 6) is 1.55. The molecule has 11 heavy (non-hydrogen) atoms. The first-order chi connectivity index (χ1) is 5.11. The zero-order valence-electron chi connectivity index (χ0n) is 7.21. The highest BCUT2D eigenvalue weighted by Crippen LogP contribution is 2.22. The van der Waals surface area contributed by atoms with Crippen molar-refractivity contribution in [3.63, 3.8) is 0 Å². The first-order valence-electron chi connectivity index (χ1n) is 4.15. The highest BCUT2D eigenvalue weighted by atomic mass is 32.1. The van der Waals surface area contributed by atoms with Crippen LogP contribution >= 0.6 is 12.2 Å². The SMILES string of the molecule is CC(C)C1CCN(C(N)=S)C1. The zero-order valence-corrected chi connectivity index (χ0v) is 8.03. The Morgan fingerprint density at radius 2 is 2.27 bits per heavy atom. The predicted octanol–water partition coefficient (Wildman–Crippen LogP) is 1.21. The van der Waals surface area contributed by atoms with Gasteiger partial charge in [-0.1, -0.05) is 13.8 Å². The Morgan fingerprint density at radius 3 is 2.55 bits per heavy atom. The Labute approximate surface area is 73.7 Å². The van der Waals surface area contributed by atoms with E-state index in [-0.39, 0.29) is 0 Å². The van der Waals surface area contributed by atoms with E-state index < -0.39 is 0 Å². The Bertz CT molecular complexity index is 156. The van der Waals surface area contributed by atoms with Gasteiger partial charge in [-0.25, -0.2) is 0 Å². The van der Waals surface area contributed by atoms with E-state index in [9.17, 15) is 0 Å². The molecule has 0 amide bonds. The molecular weight excluding hydrogens is 156 g/mol. The summed E-state index contributed by atoms with van der Waals surface area (Å²) in [4.78, 5) is 2.10. The van der Waals surface area contributed by atoms with E-state index in [0.29, 0.717) is 5.11 Å². The molecule has 0 radical (unpaired) electrons. The second-order valence-corrected chi connectivity index (χ2v) is 4.00. The summed E-state index contributed by atoms with van der Waals surface area (Å²) in [7, 11) is 0. The van der Waals surface area contributed by atoms with E-state index >= 15 is 0 Å². The Balaban J connectivity index is 2.41. The first-order valence-corrected chi connectivity index (χ1v) is 4.56. The lowest BCUT2D eigenvalue weighted by Crippen LogP contribution is -2.33. The fraction of sp³-hybridized carbons (Fsp3) is 0.875. The largest absolute Gasteiger partial charge is 0.376 e. The summed E-state index contributed by atoms with van der Waals surface area (Å²) in [6.07, 6.45) is 1.25. The van der Waals surface area contributed by atoms with E-state index in [4.69, 9.17) is 18.0 Å². The summed E-state index contributed by atoms with van der Waals surface area (Å²) >= 11 is 4.90. The molecule has 1 rings (SSSR count). The highest BCUT2D eigenvalue weighted by molar-refractivity contribution is 7.80. The molecule has 3 heteroatoms. The number of hydrogen-bond donors (Lipinski definition) is 1. The molecule has 0 saturated carbocycles. The lowest BCUT2D eigenvalue weighted by Gasteiger charge is -2.17. The maximum Gasteiger partial charge on any atom is 0.166 e. The van der Waals surface area contributed by atoms with Crippen molar-refractivity contribution < 1.29 is 0 Å². The number of likely N-dealkylation sites (tertiary alicyclic amines) is 1. The van der Waals surface area contributed by atoms with Gasteiger partial charge < -0.3 is 10.6 Å². The molecule has 1 saturated heterocycles. The molecule has 1 aliphatic rings. The van der Waals surface area contributed by atoms with Crippen LogP contribution in [0.25, 0.3) is 0 Å². The molecule has 1 unspecified atom stereocenters. The minimum atomic E-state index is 0.563. The van der Waals surface area contributed by atoms with Gasteiger partial charge in [0.25, 0.3) is 0 Å². The monoisotopic (exact) mass is 172 g/mol. The second kappa shape index (κ2) is 3.39. The topological polar surface area (TPSA) is 29.3 Å². The van der Waals surface area contributed by atoms with Crippen LogP contribution in [-0.4, -0.2) is 23.1 Å². The van der Waals surface area contributed by atoms with Gasteiger partial charge in [-0.15, -0.1) is 0 Å². The number of hydrogen-bond acceptors (Lipinski definition) is 1. The molecule has 1 aliphatic heterocycles. The van der Waals surface area contributed by atoms with Gasteiger partial charge in [-0.3, -0.25) is 0 Å². The highest BCUT2D eigenvalue weighted by Gasteiger charge is 2.24. The molecule has 2 nitrogen and oxygen atoms in total. The molecule has 0 spiro atoms. The van der Waals surface area contributed by atoms with Gasteiger partial charge in [0, 0.05) is 13.1 Å². The predicted molar refractivity (Wildman–Crippen MR) is 51.3 cm³/mol. The van der Waals surface area contributed by atoms with Crippen LogP contribution in [0.5, 0.6) is 0 Å². The van der Waals surface area contributed by atoms with E-state index in [2.05, 4.69) is 18.7 Å². The quantitative estimate of drug-likeness (QED) is 0.603. The molecular formula is C8H16N2S. The van der Waals surface area contributed by atoms with Gasteiger partial charge in [0.15, 0.2) is 5.11 Å². The van der Waals surface area contributed by atoms with Crippen molar-refractivity contribution in [2.24, 2.45) is 17.6 Å². The summed E-state index contributed by atoms with van der Waals surface area (Å²) < 4.78 is 0. The lowest BCUT2D eigenvalue weighted by molar-refractivity contribution is 0.390. The molecule has 0 aromatic rings. The first kappa shape index (κ1) is 8.78. The van der Waals surface area contributed by atoms with Gasteiger partial charge in [0.2, 0.25) is 0 Å². The van der Waals surface area contributed by atoms with Crippen molar-refractivity contribution in [1.29, 1.82) is 0 Å². The number of thiocarbonyl (C=S) groups is 1. The van der Waals surface area contributed by atoms with Crippen LogP contribution in [0.1, 0.15) is 20.3 Å². The van der Waals surface area contributed by atoms with E-state index in [1.165, 1.54) is 6.42 Å². The average molecular weight is 172 g/mol. The van der Waals surface area contributed by atoms with Gasteiger partial charge in [0.1, 0.15) is 0 Å². The maximum atomic E-state index is 5.52. The summed E-state index contributed by atoms with van der Waals surface area (Å²) in [5, 5.41) is 0.563. The van der Waals surface area contributed by atoms with Crippen LogP contribution in [0.15, 0.2) is 0 Å². The van der Waals surface area contributed by atoms with Crippen LogP contribution in [0.4, 0.5) is 0 Å². The maximum absolute atomic E-state index is 5.52. The van der Waals surface area contributed by atoms with Crippen molar-refractivity contribution in [3.8, 4) is 0 Å². The van der Waals surface area contributed by atoms with Crippen LogP contribution in [0.3, 0.4) is 0 Å². The fourth-order valence-electron chi connectivity index (χ4n) is 1.53. The number of nitrogens with two attached hydrogens (primary N) is 1. The van der Waals surface area contributed by atoms with Crippen molar-refractivity contribution in [2.75, 3.05) is 13.1 Å². The van der Waals surface area contributed by atoms with Gasteiger partial charge in [0.05, 0.1) is 0 Å². The normalized spacial score (nSPS) is 24.6. The van der Waals surface area contributed by atoms with Gasteiger partial charge in [-0.2, -0.15) is 0 Å². The minimum absolute atomic E-state index is 0.563. The van der Waals surface area contributed by atoms with E-state index in [0.717, 1.165) is 24.9 Å². The smallest absolute Gasteiger partial charge is 0.166 e. The number of nitrogens with zero attached hydrogens (tertiary/aromatic N) is 1. The van der Waals surface area contributed by atoms with Crippen molar-refractivity contribution in [2.45, 2.75) is 20.3 Å². The third-order valence-corrected chi connectivity index (χ3v) is 2.74. The van der Waals surface area contributed by atoms with Gasteiger partial charge >= 0.3 is 0 Å². The van der Waals surface area contributed by atoms with Crippen molar-refractivity contribution in [3.05, 3.63) is 0 Å². The van der Waals surface area contributed by atoms with Crippen LogP contribution in [-0.2, 0) is 0 Å². The van der Waals surface area contributed by atoms with E-state index in [1.807, 2.05) is 0 Å². The second-order valence-electron chi connectivity index (χ2n) is 3.58. The molecule has 0 aromatic heterocycles. The third-order valence-electron chi connectivity index (χ3n) is 2.48. The van der Waals surface area contributed by atoms with Crippen molar-refractivity contribution >= 4 is 17.3 Å². The molecule has 1 atom stereocenters. The van der Waals surface area contributed by atoms with Crippen LogP contribution < -0.4 is 5.73 Å². The average Bonchev–Trinajstić information content (AvgIpc) is 2.33. The molecule has 0 aliphatic carbocycles. The molecule has 1 fully saturated rings. The van der Waals surface area contributed by atoms with Crippen LogP contribution in [0, 0.1) is 11.8 Å². The Kier molecular flexibility index (Phi) is 2.71. The Morgan fingerprint density at radius 1 is 1.64 bits per heavy atom. The standard InChI is InChI=1S/C8H16N2S/c1-6(2)7-3-4-10(5-7)8(9)11/h6-7H,3-5H2,1-2H3,(H2,9,11). The van der Waals surface area contributed by atoms with Crippen LogP contribution in [0.2, 0.25) is 0 Å². The number of rotatable bonds is 1. The lowest BCUT2D eigenvalue weighted by atomic mass is 9.95. The molecule has 0 aromatic carbocycles. The third kappa shape index (κ3) is 2.06. The molecule has 0 bridgehead atoms. The summed E-state index contributed by atoms with van der Waals surface area (Å²) in [6.45, 7) is 6.63. The molecule has 64 valence electrons.